The van der Waals surface area contributed by atoms with Gasteiger partial charge in [-0.05, 0) is 20.8 Å². The van der Waals surface area contributed by atoms with Crippen LogP contribution in [0.3, 0.4) is 0 Å². The minimum absolute atomic E-state index is 0. The monoisotopic (exact) mass is 303 g/mol. The normalized spacial score (nSPS) is 11.3. The molecule has 0 saturated heterocycles. The van der Waals surface area contributed by atoms with Gasteiger partial charge in [0.05, 0.1) is 0 Å². The van der Waals surface area contributed by atoms with E-state index in [-0.39, 0.29) is 57.9 Å². The van der Waals surface area contributed by atoms with Gasteiger partial charge >= 0.3 is 64.5 Å². The quantitative estimate of drug-likeness (QED) is 0.542. The van der Waals surface area contributed by atoms with E-state index in [0.717, 1.165) is 4.90 Å². The van der Waals surface area contributed by atoms with Crippen LogP contribution in [0, 0.1) is 0 Å². The Morgan fingerprint density at radius 1 is 1.37 bits per heavy atom. The Balaban J connectivity index is 0. The summed E-state index contributed by atoms with van der Waals surface area (Å²) in [6, 6.07) is 0. The van der Waals surface area contributed by atoms with Crippen molar-refractivity contribution in [2.45, 2.75) is 26.4 Å². The summed E-state index contributed by atoms with van der Waals surface area (Å²) in [4.78, 5) is 12.6. The molecule has 0 aromatic carbocycles. The number of hydrogen-bond donors (Lipinski definition) is 0. The van der Waals surface area contributed by atoms with Crippen LogP contribution in [0.25, 0.3) is 0 Å². The van der Waals surface area contributed by atoms with E-state index < -0.39 is 30.7 Å². The van der Waals surface area contributed by atoms with E-state index >= 15 is 0 Å². The van der Waals surface area contributed by atoms with Crippen LogP contribution < -0.4 is 51.4 Å². The van der Waals surface area contributed by atoms with Crippen LogP contribution in [0.4, 0.5) is 17.7 Å². The average molecular weight is 303 g/mol. The Hall–Kier alpha value is 0.241. The Morgan fingerprint density at radius 3 is 2.16 bits per heavy atom. The van der Waals surface area contributed by atoms with Crippen molar-refractivity contribution in [3.8, 4) is 0 Å². The number of amides is 1. The van der Waals surface area contributed by atoms with Crippen LogP contribution >= 0.6 is 0 Å². The maximum atomic E-state index is 12.4. The van der Waals surface area contributed by atoms with Gasteiger partial charge in [-0.1, -0.05) is 6.08 Å². The van der Waals surface area contributed by atoms with Crippen molar-refractivity contribution in [1.82, 2.24) is 4.90 Å². The molecule has 104 valence electrons. The van der Waals surface area contributed by atoms with Gasteiger partial charge in [-0.2, -0.15) is 0 Å². The van der Waals surface area contributed by atoms with Crippen molar-refractivity contribution in [3.63, 3.8) is 0 Å². The molecule has 1 amide bonds. The fourth-order valence-electron chi connectivity index (χ4n) is 1.03. The fourth-order valence-corrected chi connectivity index (χ4v) is 1.03. The number of hydrogen-bond acceptors (Lipinski definition) is 2. The van der Waals surface area contributed by atoms with Gasteiger partial charge in [0.2, 0.25) is 0 Å². The van der Waals surface area contributed by atoms with Crippen molar-refractivity contribution in [3.05, 3.63) is 24.7 Å². The zero-order chi connectivity index (χ0) is 14.6. The van der Waals surface area contributed by atoms with Crippen LogP contribution in [-0.2, 0) is 4.74 Å². The van der Waals surface area contributed by atoms with E-state index in [4.69, 9.17) is 4.74 Å². The molecule has 0 heterocycles. The molecule has 0 atom stereocenters. The topological polar surface area (TPSA) is 29.5 Å². The van der Waals surface area contributed by atoms with Crippen molar-refractivity contribution >= 4 is 13.1 Å². The largest absolute Gasteiger partial charge is 1.00 e. The van der Waals surface area contributed by atoms with Gasteiger partial charge in [-0.25, -0.2) is 4.79 Å². The molecule has 0 radical (unpaired) electrons. The summed E-state index contributed by atoms with van der Waals surface area (Å²) >= 11 is 0. The molecule has 0 fully saturated rings. The number of rotatable bonds is 5. The van der Waals surface area contributed by atoms with Gasteiger partial charge in [0.15, 0.2) is 0 Å². The third-order valence-corrected chi connectivity index (χ3v) is 1.86. The second-order valence-electron chi connectivity index (χ2n) is 4.88. The summed E-state index contributed by atoms with van der Waals surface area (Å²) in [6.45, 7) is 5.46. The van der Waals surface area contributed by atoms with E-state index in [1.807, 2.05) is 0 Å². The molecule has 0 aliphatic carbocycles. The molecule has 0 aliphatic rings. The smallest absolute Gasteiger partial charge is 0.445 e. The number of carbonyl (C=O) groups excluding carboxylic acids is 1. The van der Waals surface area contributed by atoms with Crippen molar-refractivity contribution in [1.29, 1.82) is 0 Å². The molecule has 0 unspecified atom stereocenters. The van der Waals surface area contributed by atoms with Gasteiger partial charge in [0.1, 0.15) is 5.60 Å². The molecule has 0 aromatic heterocycles. The molecule has 0 spiro atoms. The SMILES string of the molecule is C=CCN(CC(=C)[B-](F)(F)F)C(=O)OC(C)(C)C.[K+]. The molecular weight excluding hydrogens is 285 g/mol. The van der Waals surface area contributed by atoms with Gasteiger partial charge in [0.25, 0.3) is 0 Å². The first kappa shape index (κ1) is 21.5. The van der Waals surface area contributed by atoms with E-state index in [0.29, 0.717) is 0 Å². The zero-order valence-corrected chi connectivity index (χ0v) is 15.0. The molecule has 0 bridgehead atoms. The number of nitrogens with zero attached hydrogens (tertiary/aromatic N) is 1. The van der Waals surface area contributed by atoms with Crippen LogP contribution in [0.5, 0.6) is 0 Å². The Morgan fingerprint density at radius 2 is 1.84 bits per heavy atom. The maximum absolute atomic E-state index is 12.4. The van der Waals surface area contributed by atoms with Gasteiger partial charge < -0.3 is 22.6 Å². The Kier molecular flexibility index (Phi) is 9.65. The second-order valence-corrected chi connectivity index (χ2v) is 4.88. The summed E-state index contributed by atoms with van der Waals surface area (Å²) in [5.74, 6) is 0. The zero-order valence-electron chi connectivity index (χ0n) is 11.9. The minimum atomic E-state index is -5.16. The number of ether oxygens (including phenoxy) is 1. The van der Waals surface area contributed by atoms with Crippen LogP contribution in [0.1, 0.15) is 20.8 Å². The van der Waals surface area contributed by atoms with Gasteiger partial charge in [-0.15, -0.1) is 18.6 Å². The van der Waals surface area contributed by atoms with Crippen LogP contribution in [0.2, 0.25) is 0 Å². The van der Waals surface area contributed by atoms with Gasteiger partial charge in [-0.3, -0.25) is 0 Å². The number of carbonyl (C=O) groups is 1. The molecule has 0 aromatic rings. The summed E-state index contributed by atoms with van der Waals surface area (Å²) in [5.41, 5.74) is -1.70. The third-order valence-electron chi connectivity index (χ3n) is 1.86. The molecule has 0 N–H and O–H groups in total. The molecule has 0 aliphatic heterocycles. The van der Waals surface area contributed by atoms with E-state index in [1.165, 1.54) is 6.08 Å². The summed E-state index contributed by atoms with van der Waals surface area (Å²) in [5, 5.41) is 0. The first-order valence-corrected chi connectivity index (χ1v) is 5.44. The minimum Gasteiger partial charge on any atom is -0.445 e. The van der Waals surface area contributed by atoms with Crippen LogP contribution in [-0.4, -0.2) is 36.7 Å². The Labute approximate surface area is 154 Å². The molecule has 0 rings (SSSR count). The molecule has 19 heavy (non-hydrogen) atoms. The molecule has 0 saturated carbocycles. The van der Waals surface area contributed by atoms with E-state index in [1.54, 1.807) is 20.8 Å². The number of halogens is 3. The summed E-state index contributed by atoms with van der Waals surface area (Å²) in [7, 11) is 0. The predicted molar refractivity (Wildman–Crippen MR) is 66.2 cm³/mol. The summed E-state index contributed by atoms with van der Waals surface area (Å²) < 4.78 is 42.2. The standard InChI is InChI=1S/C11H18BF3NO2.K/c1-6-7-16(8-9(2)12(13,14)15)10(17)18-11(3,4)5;/h6H,1-2,7-8H2,3-5H3;/q-1;+1. The Bertz CT molecular complexity index is 340. The van der Waals surface area contributed by atoms with Crippen molar-refractivity contribution in [2.75, 3.05) is 13.1 Å². The summed E-state index contributed by atoms with van der Waals surface area (Å²) in [6.07, 6.45) is 0.518. The average Bonchev–Trinajstić information content (AvgIpc) is 2.12. The van der Waals surface area contributed by atoms with E-state index in [2.05, 4.69) is 13.2 Å². The second kappa shape index (κ2) is 8.51. The van der Waals surface area contributed by atoms with E-state index in [9.17, 15) is 17.7 Å². The van der Waals surface area contributed by atoms with Gasteiger partial charge in [0, 0.05) is 13.1 Å². The third kappa shape index (κ3) is 9.73. The molecule has 3 nitrogen and oxygen atoms in total. The predicted octanol–water partition coefficient (Wildman–Crippen LogP) is 0.356. The molecular formula is C11H18BF3KNO2. The van der Waals surface area contributed by atoms with Crippen molar-refractivity contribution < 1.29 is 73.9 Å². The van der Waals surface area contributed by atoms with Crippen LogP contribution in [0.15, 0.2) is 24.7 Å². The maximum Gasteiger partial charge on any atom is 1.00 e. The molecule has 8 heteroatoms. The van der Waals surface area contributed by atoms with Crippen molar-refractivity contribution in [2.24, 2.45) is 0 Å². The fraction of sp³-hybridized carbons (Fsp3) is 0.545. The first-order valence-electron chi connectivity index (χ1n) is 5.44. The first-order chi connectivity index (χ1) is 7.97.